The van der Waals surface area contributed by atoms with E-state index in [1.165, 1.54) is 12.8 Å². The molecule has 0 aliphatic heterocycles. The second-order valence-electron chi connectivity index (χ2n) is 6.27. The Kier molecular flexibility index (Phi) is 4.08. The molecule has 5 heteroatoms. The first kappa shape index (κ1) is 14.3. The van der Waals surface area contributed by atoms with Crippen molar-refractivity contribution >= 4 is 5.97 Å². The first-order chi connectivity index (χ1) is 10.2. The largest absolute Gasteiger partial charge is 0.481 e. The highest BCUT2D eigenvalue weighted by Gasteiger charge is 2.35. The van der Waals surface area contributed by atoms with Gasteiger partial charge < -0.3 is 9.63 Å². The summed E-state index contributed by atoms with van der Waals surface area (Å²) in [6.07, 6.45) is 9.82. The standard InChI is InChI=1S/C16H22N2O3/c1-2-10-7-8-11(9-10)14-17-15(21-18-14)12-5-3-4-6-13(12)16(19)20/h3-4,10-13H,2,5-9H2,1H3,(H,19,20). The van der Waals surface area contributed by atoms with Crippen LogP contribution in [-0.4, -0.2) is 21.2 Å². The number of carboxylic acids is 1. The summed E-state index contributed by atoms with van der Waals surface area (Å²) >= 11 is 0. The minimum atomic E-state index is -0.781. The summed E-state index contributed by atoms with van der Waals surface area (Å²) in [5.74, 6) is 1.01. The van der Waals surface area contributed by atoms with Crippen LogP contribution in [0.25, 0.3) is 0 Å². The van der Waals surface area contributed by atoms with Gasteiger partial charge in [-0.2, -0.15) is 4.98 Å². The molecule has 5 nitrogen and oxygen atoms in total. The molecule has 0 amide bonds. The molecule has 1 saturated carbocycles. The molecule has 0 bridgehead atoms. The van der Waals surface area contributed by atoms with E-state index in [0.29, 0.717) is 24.7 Å². The lowest BCUT2D eigenvalue weighted by Crippen LogP contribution is -2.23. The van der Waals surface area contributed by atoms with Crippen molar-refractivity contribution in [1.82, 2.24) is 10.1 Å². The third-order valence-electron chi connectivity index (χ3n) is 5.01. The average molecular weight is 290 g/mol. The van der Waals surface area contributed by atoms with Crippen LogP contribution in [0.2, 0.25) is 0 Å². The number of aromatic nitrogens is 2. The van der Waals surface area contributed by atoms with Gasteiger partial charge in [0.15, 0.2) is 5.82 Å². The molecule has 0 saturated heterocycles. The van der Waals surface area contributed by atoms with Gasteiger partial charge in [-0.15, -0.1) is 0 Å². The van der Waals surface area contributed by atoms with E-state index in [9.17, 15) is 9.90 Å². The first-order valence-corrected chi connectivity index (χ1v) is 7.90. The highest BCUT2D eigenvalue weighted by Crippen LogP contribution is 2.40. The Bertz CT molecular complexity index is 537. The topological polar surface area (TPSA) is 76.2 Å². The second kappa shape index (κ2) is 6.00. The van der Waals surface area contributed by atoms with E-state index in [1.54, 1.807) is 0 Å². The molecule has 4 unspecified atom stereocenters. The fourth-order valence-corrected chi connectivity index (χ4v) is 3.60. The summed E-state index contributed by atoms with van der Waals surface area (Å²) in [4.78, 5) is 15.9. The van der Waals surface area contributed by atoms with Crippen molar-refractivity contribution < 1.29 is 14.4 Å². The molecule has 4 atom stereocenters. The van der Waals surface area contributed by atoms with Gasteiger partial charge in [0.25, 0.3) is 0 Å². The monoisotopic (exact) mass is 290 g/mol. The van der Waals surface area contributed by atoms with Crippen LogP contribution in [-0.2, 0) is 4.79 Å². The third kappa shape index (κ3) is 2.87. The quantitative estimate of drug-likeness (QED) is 0.859. The minimum Gasteiger partial charge on any atom is -0.481 e. The number of carbonyl (C=O) groups is 1. The summed E-state index contributed by atoms with van der Waals surface area (Å²) in [5, 5.41) is 13.5. The van der Waals surface area contributed by atoms with E-state index >= 15 is 0 Å². The number of allylic oxidation sites excluding steroid dienone is 2. The Hall–Kier alpha value is -1.65. The van der Waals surface area contributed by atoms with E-state index in [-0.39, 0.29) is 5.92 Å². The van der Waals surface area contributed by atoms with E-state index in [1.807, 2.05) is 12.2 Å². The van der Waals surface area contributed by atoms with Gasteiger partial charge in [-0.3, -0.25) is 4.79 Å². The zero-order chi connectivity index (χ0) is 14.8. The van der Waals surface area contributed by atoms with Crippen molar-refractivity contribution in [2.24, 2.45) is 11.8 Å². The molecular weight excluding hydrogens is 268 g/mol. The fourth-order valence-electron chi connectivity index (χ4n) is 3.60. The number of hydrogen-bond donors (Lipinski definition) is 1. The average Bonchev–Trinajstić information content (AvgIpc) is 3.16. The highest BCUT2D eigenvalue weighted by atomic mass is 16.5. The van der Waals surface area contributed by atoms with E-state index in [4.69, 9.17) is 4.52 Å². The zero-order valence-electron chi connectivity index (χ0n) is 12.4. The van der Waals surface area contributed by atoms with Crippen molar-refractivity contribution in [2.75, 3.05) is 0 Å². The molecule has 114 valence electrons. The van der Waals surface area contributed by atoms with Crippen LogP contribution in [0.5, 0.6) is 0 Å². The Balaban J connectivity index is 1.75. The maximum absolute atomic E-state index is 11.4. The number of nitrogens with zero attached hydrogens (tertiary/aromatic N) is 2. The smallest absolute Gasteiger partial charge is 0.307 e. The lowest BCUT2D eigenvalue weighted by Gasteiger charge is -2.21. The normalized spacial score (nSPS) is 32.4. The molecule has 0 spiro atoms. The van der Waals surface area contributed by atoms with Crippen LogP contribution < -0.4 is 0 Å². The SMILES string of the molecule is CCC1CCC(c2noc(C3CC=CCC3C(=O)O)n2)C1. The molecule has 1 N–H and O–H groups in total. The summed E-state index contributed by atoms with van der Waals surface area (Å²) < 4.78 is 5.41. The molecule has 0 radical (unpaired) electrons. The van der Waals surface area contributed by atoms with Crippen molar-refractivity contribution in [3.8, 4) is 0 Å². The molecule has 2 aliphatic rings. The molecule has 3 rings (SSSR count). The van der Waals surface area contributed by atoms with Crippen LogP contribution >= 0.6 is 0 Å². The van der Waals surface area contributed by atoms with Crippen LogP contribution in [0.1, 0.15) is 69.0 Å². The molecular formula is C16H22N2O3. The summed E-state index contributed by atoms with van der Waals surface area (Å²) in [6, 6.07) is 0. The fraction of sp³-hybridized carbons (Fsp3) is 0.688. The lowest BCUT2D eigenvalue weighted by molar-refractivity contribution is -0.142. The summed E-state index contributed by atoms with van der Waals surface area (Å²) in [6.45, 7) is 2.22. The van der Waals surface area contributed by atoms with Crippen molar-refractivity contribution in [3.63, 3.8) is 0 Å². The Morgan fingerprint density at radius 1 is 1.38 bits per heavy atom. The predicted octanol–water partition coefficient (Wildman–Crippen LogP) is 3.50. The maximum atomic E-state index is 11.4. The van der Waals surface area contributed by atoms with Crippen LogP contribution in [0.4, 0.5) is 0 Å². The second-order valence-corrected chi connectivity index (χ2v) is 6.27. The summed E-state index contributed by atoms with van der Waals surface area (Å²) in [5.41, 5.74) is 0. The van der Waals surface area contributed by atoms with Gasteiger partial charge >= 0.3 is 5.97 Å². The molecule has 21 heavy (non-hydrogen) atoms. The van der Waals surface area contributed by atoms with Gasteiger partial charge in [0.2, 0.25) is 5.89 Å². The Morgan fingerprint density at radius 3 is 2.90 bits per heavy atom. The first-order valence-electron chi connectivity index (χ1n) is 7.90. The third-order valence-corrected chi connectivity index (χ3v) is 5.01. The molecule has 1 aromatic heterocycles. The number of hydrogen-bond acceptors (Lipinski definition) is 4. The van der Waals surface area contributed by atoms with Crippen LogP contribution in [0, 0.1) is 11.8 Å². The van der Waals surface area contributed by atoms with Crippen molar-refractivity contribution in [2.45, 2.75) is 57.3 Å². The van der Waals surface area contributed by atoms with Gasteiger partial charge in [-0.25, -0.2) is 0 Å². The van der Waals surface area contributed by atoms with Gasteiger partial charge in [-0.1, -0.05) is 30.7 Å². The van der Waals surface area contributed by atoms with Crippen molar-refractivity contribution in [3.05, 3.63) is 23.9 Å². The van der Waals surface area contributed by atoms with E-state index in [0.717, 1.165) is 24.6 Å². The van der Waals surface area contributed by atoms with E-state index < -0.39 is 11.9 Å². The Labute approximate surface area is 124 Å². The molecule has 1 fully saturated rings. The summed E-state index contributed by atoms with van der Waals surface area (Å²) in [7, 11) is 0. The van der Waals surface area contributed by atoms with Crippen molar-refractivity contribution in [1.29, 1.82) is 0 Å². The zero-order valence-corrected chi connectivity index (χ0v) is 12.4. The molecule has 2 aliphatic carbocycles. The Morgan fingerprint density at radius 2 is 2.19 bits per heavy atom. The van der Waals surface area contributed by atoms with E-state index in [2.05, 4.69) is 17.1 Å². The lowest BCUT2D eigenvalue weighted by atomic mass is 9.83. The number of carboxylic acid groups (broad SMARTS) is 1. The minimum absolute atomic E-state index is 0.183. The predicted molar refractivity (Wildman–Crippen MR) is 76.9 cm³/mol. The molecule has 1 aromatic rings. The van der Waals surface area contributed by atoms with Crippen LogP contribution in [0.15, 0.2) is 16.7 Å². The van der Waals surface area contributed by atoms with Gasteiger partial charge in [-0.05, 0) is 38.0 Å². The van der Waals surface area contributed by atoms with Gasteiger partial charge in [0.05, 0.1) is 11.8 Å². The molecule has 1 heterocycles. The van der Waals surface area contributed by atoms with Gasteiger partial charge in [0.1, 0.15) is 0 Å². The molecule has 0 aromatic carbocycles. The van der Waals surface area contributed by atoms with Gasteiger partial charge in [0, 0.05) is 5.92 Å². The highest BCUT2D eigenvalue weighted by molar-refractivity contribution is 5.71. The maximum Gasteiger partial charge on any atom is 0.307 e. The number of rotatable bonds is 4. The van der Waals surface area contributed by atoms with Crippen LogP contribution in [0.3, 0.4) is 0 Å². The number of aliphatic carboxylic acids is 1.